The van der Waals surface area contributed by atoms with Crippen molar-refractivity contribution >= 4 is 76.8 Å². The first kappa shape index (κ1) is 54.7. The average molecular weight is 985 g/mol. The van der Waals surface area contributed by atoms with Crippen LogP contribution in [0.3, 0.4) is 0 Å². The van der Waals surface area contributed by atoms with Crippen LogP contribution in [0.4, 0.5) is 0 Å². The highest BCUT2D eigenvalue weighted by molar-refractivity contribution is 7.99. The molecule has 0 spiro atoms. The zero-order valence-corrected chi connectivity index (χ0v) is 37.6. The first-order chi connectivity index (χ1) is 31.7. The minimum atomic E-state index is -1.47. The third-order valence-electron chi connectivity index (χ3n) is 10.0. The molecule has 4 unspecified atom stereocenters. The van der Waals surface area contributed by atoms with E-state index in [1.165, 1.54) is 26.6 Å². The number of carboxylic acid groups (broad SMARTS) is 4. The quantitative estimate of drug-likeness (QED) is 0.0401. The molecule has 0 aromatic carbocycles. The number of hydrogen-bond acceptors (Lipinski definition) is 19. The molecule has 0 aliphatic heterocycles. The Bertz CT molecular complexity index is 2110. The molecule has 0 bridgehead atoms. The van der Waals surface area contributed by atoms with Crippen LogP contribution in [0.25, 0.3) is 0 Å². The molecule has 27 nitrogen and oxygen atoms in total. The summed E-state index contributed by atoms with van der Waals surface area (Å²) in [6, 6.07) is -5.75. The van der Waals surface area contributed by atoms with E-state index in [1.807, 2.05) is 0 Å². The van der Waals surface area contributed by atoms with Crippen molar-refractivity contribution in [2.75, 3.05) is 38.8 Å². The fraction of sp³-hybridized carbons (Fsp3) is 0.553. The molecule has 1 aliphatic rings. The maximum atomic E-state index is 15.0. The van der Waals surface area contributed by atoms with E-state index in [2.05, 4.69) is 41.2 Å². The van der Waals surface area contributed by atoms with Crippen molar-refractivity contribution in [3.63, 3.8) is 0 Å². The first-order valence-corrected chi connectivity index (χ1v) is 22.4. The molecule has 29 heteroatoms. The molecular weight excluding hydrogens is 933 g/mol. The van der Waals surface area contributed by atoms with Gasteiger partial charge in [-0.25, -0.2) is 9.97 Å². The summed E-state index contributed by atoms with van der Waals surface area (Å²) < 4.78 is 10.3. The van der Waals surface area contributed by atoms with E-state index in [-0.39, 0.29) is 60.3 Å². The van der Waals surface area contributed by atoms with Gasteiger partial charge in [-0.2, -0.15) is 0 Å². The maximum absolute atomic E-state index is 15.0. The van der Waals surface area contributed by atoms with Gasteiger partial charge in [0.05, 0.1) is 36.1 Å². The molecule has 1 fully saturated rings. The van der Waals surface area contributed by atoms with Gasteiger partial charge in [0.1, 0.15) is 43.0 Å². The second-order valence-corrected chi connectivity index (χ2v) is 17.2. The van der Waals surface area contributed by atoms with Gasteiger partial charge in [-0.3, -0.25) is 52.7 Å². The first-order valence-electron chi connectivity index (χ1n) is 20.3. The predicted molar refractivity (Wildman–Crippen MR) is 234 cm³/mol. The molecule has 14 N–H and O–H groups in total. The number of nitrogens with two attached hydrogens (primary N) is 2. The molecule has 2 aromatic rings. The van der Waals surface area contributed by atoms with E-state index in [0.29, 0.717) is 6.42 Å². The maximum Gasteiger partial charge on any atom is 0.322 e. The number of hydrogen-bond donors (Lipinski definition) is 12. The number of ketones is 1. The van der Waals surface area contributed by atoms with Crippen LogP contribution >= 0.6 is 23.5 Å². The second-order valence-electron chi connectivity index (χ2n) is 14.8. The van der Waals surface area contributed by atoms with Gasteiger partial charge in [-0.05, 0) is 25.7 Å². The summed E-state index contributed by atoms with van der Waals surface area (Å²) in [5.41, 5.74) is 9.77. The third kappa shape index (κ3) is 17.0. The fourth-order valence-electron chi connectivity index (χ4n) is 6.60. The minimum absolute atomic E-state index is 0.0810. The zero-order chi connectivity index (χ0) is 50.0. The van der Waals surface area contributed by atoms with Gasteiger partial charge in [0, 0.05) is 48.6 Å². The number of nitrogens with zero attached hydrogens (tertiary/aromatic N) is 2. The molecule has 2 aromatic heterocycles. The lowest BCUT2D eigenvalue weighted by atomic mass is 9.76. The van der Waals surface area contributed by atoms with E-state index in [4.69, 9.17) is 31.2 Å². The van der Waals surface area contributed by atoms with E-state index in [0.717, 1.165) is 23.5 Å². The van der Waals surface area contributed by atoms with Gasteiger partial charge in [-0.15, -0.1) is 23.5 Å². The van der Waals surface area contributed by atoms with Gasteiger partial charge < -0.3 is 72.6 Å². The standard InChI is InChI=1S/C38H52N10O17S2/c1-64-35-33(58)41-10-20(47-35)29(66-14-22(31(56)43-12-26(51)52)45-24(49)8-6-18(39)37(60)61)16-4-3-5-17(28(16)55)30(21-11-42-34(59)36(48-21)65-2)67-15-23(32(57)44-13-27(53)54)46-25(50)9-7-19(40)38(62)63/h10-11,16-19,22-23,29-30H,3-9,12-15,39-40H2,1-2H3,(H,41,58)(H,42,59)(H,43,56)(H,44,57)(H,45,49)(H,46,50)(H,51,52)(H,53,54)(H,60,61)(H,62,63)/t16?,17?,18-,19+,22-,23-,29?,30?/m0/s1. The lowest BCUT2D eigenvalue weighted by Crippen LogP contribution is -2.50. The van der Waals surface area contributed by atoms with Crippen LogP contribution in [0.15, 0.2) is 22.0 Å². The fourth-order valence-corrected chi connectivity index (χ4v) is 9.45. The Balaban J connectivity index is 2.08. The number of ether oxygens (including phenoxy) is 2. The summed E-state index contributed by atoms with van der Waals surface area (Å²) in [5, 5.41) is 43.9. The number of carboxylic acids is 4. The van der Waals surface area contributed by atoms with Gasteiger partial charge in [0.2, 0.25) is 23.6 Å². The zero-order valence-electron chi connectivity index (χ0n) is 36.0. The van der Waals surface area contributed by atoms with Crippen LogP contribution < -0.4 is 53.3 Å². The van der Waals surface area contributed by atoms with Gasteiger partial charge in [-0.1, -0.05) is 6.42 Å². The van der Waals surface area contributed by atoms with Crippen LogP contribution in [0, 0.1) is 11.8 Å². The Morgan fingerprint density at radius 3 is 1.39 bits per heavy atom. The summed E-state index contributed by atoms with van der Waals surface area (Å²) in [6.07, 6.45) is 1.66. The number of thioether (sulfide) groups is 2. The number of amides is 4. The van der Waals surface area contributed by atoms with Crippen LogP contribution in [-0.4, -0.2) is 157 Å². The number of nitrogens with one attached hydrogen (secondary N) is 6. The molecule has 0 saturated heterocycles. The Morgan fingerprint density at radius 2 is 1.06 bits per heavy atom. The van der Waals surface area contributed by atoms with Crippen molar-refractivity contribution in [3.8, 4) is 11.8 Å². The number of methoxy groups -OCH3 is 2. The van der Waals surface area contributed by atoms with Crippen molar-refractivity contribution in [1.29, 1.82) is 0 Å². The monoisotopic (exact) mass is 984 g/mol. The van der Waals surface area contributed by atoms with Crippen molar-refractivity contribution in [2.24, 2.45) is 23.3 Å². The Morgan fingerprint density at radius 1 is 0.687 bits per heavy atom. The normalized spacial score (nSPS) is 17.3. The number of aromatic nitrogens is 4. The number of carbonyl (C=O) groups excluding carboxylic acids is 5. The van der Waals surface area contributed by atoms with Crippen LogP contribution in [0.5, 0.6) is 11.8 Å². The van der Waals surface area contributed by atoms with Crippen LogP contribution in [-0.2, 0) is 43.2 Å². The van der Waals surface area contributed by atoms with Gasteiger partial charge in [0.15, 0.2) is 0 Å². The average Bonchev–Trinajstić information content (AvgIpc) is 3.28. The summed E-state index contributed by atoms with van der Waals surface area (Å²) in [7, 11) is 2.35. The van der Waals surface area contributed by atoms with Gasteiger partial charge >= 0.3 is 35.0 Å². The molecule has 0 radical (unpaired) electrons. The number of rotatable bonds is 28. The van der Waals surface area contributed by atoms with Crippen molar-refractivity contribution in [3.05, 3.63) is 44.5 Å². The molecule has 67 heavy (non-hydrogen) atoms. The topological polar surface area (TPSA) is 445 Å². The SMILES string of the molecule is COc1nc(C(SC[C@H](NC(=O)CC[C@@H](N)C(=O)O)C(=O)NCC(=O)O)C2CCCC(C(SC[C@H](NC(=O)CC[C@H](N)C(=O)O)C(=O)NCC(=O)O)c3c[nH]c(=O)c(OC)n3)C2=O)c[nH]c1=O. The molecule has 1 aliphatic carbocycles. The lowest BCUT2D eigenvalue weighted by molar-refractivity contribution is -0.140. The third-order valence-corrected chi connectivity index (χ3v) is 12.9. The van der Waals surface area contributed by atoms with E-state index in [9.17, 15) is 58.2 Å². The molecular formula is C38H52N10O17S2. The Kier molecular flexibility index (Phi) is 21.7. The van der Waals surface area contributed by atoms with Gasteiger partial charge in [0.25, 0.3) is 11.8 Å². The molecule has 4 amide bonds. The number of aliphatic carboxylic acids is 4. The van der Waals surface area contributed by atoms with Crippen molar-refractivity contribution in [2.45, 2.75) is 79.6 Å². The van der Waals surface area contributed by atoms with E-state index in [1.54, 1.807) is 0 Å². The largest absolute Gasteiger partial charge is 0.480 e. The number of Topliss-reactive ketones (excluding diaryl/α,β-unsaturated/α-hetero) is 1. The highest BCUT2D eigenvalue weighted by atomic mass is 32.2. The second kappa shape index (κ2) is 26.5. The van der Waals surface area contributed by atoms with E-state index < -0.39 is 137 Å². The summed E-state index contributed by atoms with van der Waals surface area (Å²) in [4.78, 5) is 151. The lowest BCUT2D eigenvalue weighted by Gasteiger charge is -2.36. The molecule has 2 heterocycles. The molecule has 368 valence electrons. The smallest absolute Gasteiger partial charge is 0.322 e. The highest BCUT2D eigenvalue weighted by Crippen LogP contribution is 2.48. The minimum Gasteiger partial charge on any atom is -0.480 e. The van der Waals surface area contributed by atoms with Crippen molar-refractivity contribution in [1.82, 2.24) is 41.2 Å². The molecule has 8 atom stereocenters. The number of H-pyrrole nitrogens is 2. The van der Waals surface area contributed by atoms with Crippen molar-refractivity contribution < 1.29 is 73.1 Å². The number of carbonyl (C=O) groups is 9. The predicted octanol–water partition coefficient (Wildman–Crippen LogP) is -3.14. The van der Waals surface area contributed by atoms with Crippen LogP contribution in [0.1, 0.15) is 66.8 Å². The molecule has 1 saturated carbocycles. The molecule has 3 rings (SSSR count). The van der Waals surface area contributed by atoms with Crippen LogP contribution in [0.2, 0.25) is 0 Å². The summed E-state index contributed by atoms with van der Waals surface area (Å²) >= 11 is 1.86. The summed E-state index contributed by atoms with van der Waals surface area (Å²) in [5.74, 6) is -13.0. The summed E-state index contributed by atoms with van der Waals surface area (Å²) in [6.45, 7) is -1.67. The Labute approximate surface area is 388 Å². The van der Waals surface area contributed by atoms with E-state index >= 15 is 4.79 Å². The Hall–Kier alpha value is -6.59. The number of aromatic amines is 2. The highest BCUT2D eigenvalue weighted by Gasteiger charge is 2.43.